The average Bonchev–Trinajstić information content (AvgIpc) is 2.63. The molecule has 2 aromatic rings. The fraction of sp³-hybridized carbons (Fsp3) is 0.316. The van der Waals surface area contributed by atoms with Crippen molar-refractivity contribution in [1.29, 1.82) is 0 Å². The van der Waals surface area contributed by atoms with Gasteiger partial charge in [-0.1, -0.05) is 30.7 Å². The van der Waals surface area contributed by atoms with Crippen LogP contribution in [0.25, 0.3) is 0 Å². The van der Waals surface area contributed by atoms with E-state index in [1.807, 2.05) is 19.1 Å². The van der Waals surface area contributed by atoms with Gasteiger partial charge in [0.15, 0.2) is 0 Å². The summed E-state index contributed by atoms with van der Waals surface area (Å²) in [6, 6.07) is 13.1. The minimum absolute atomic E-state index is 0. The third-order valence-corrected chi connectivity index (χ3v) is 5.10. The largest absolute Gasteiger partial charge is 0.351 e. The van der Waals surface area contributed by atoms with Crippen LogP contribution in [0.1, 0.15) is 29.3 Å². The van der Waals surface area contributed by atoms with Crippen LogP contribution in [0.2, 0.25) is 0 Å². The molecule has 2 rings (SSSR count). The molecule has 0 heterocycles. The van der Waals surface area contributed by atoms with Crippen molar-refractivity contribution < 1.29 is 13.2 Å². The van der Waals surface area contributed by atoms with Crippen molar-refractivity contribution in [3.8, 4) is 0 Å². The van der Waals surface area contributed by atoms with Crippen LogP contribution >= 0.6 is 12.4 Å². The summed E-state index contributed by atoms with van der Waals surface area (Å²) in [5.41, 5.74) is 1.83. The first kappa shape index (κ1) is 23.0. The Labute approximate surface area is 167 Å². The first-order valence-electron chi connectivity index (χ1n) is 8.61. The van der Waals surface area contributed by atoms with Crippen molar-refractivity contribution in [3.05, 3.63) is 59.7 Å². The van der Waals surface area contributed by atoms with Crippen molar-refractivity contribution in [2.45, 2.75) is 25.2 Å². The molecule has 1 amide bonds. The van der Waals surface area contributed by atoms with E-state index in [1.165, 1.54) is 12.1 Å². The molecule has 0 spiro atoms. The Bertz CT molecular complexity index is 840. The van der Waals surface area contributed by atoms with E-state index in [1.54, 1.807) is 24.3 Å². The van der Waals surface area contributed by atoms with Gasteiger partial charge < -0.3 is 10.6 Å². The number of sulfonamides is 1. The molecule has 6 nitrogen and oxygen atoms in total. The van der Waals surface area contributed by atoms with Crippen molar-refractivity contribution >= 4 is 34.0 Å². The van der Waals surface area contributed by atoms with E-state index in [0.29, 0.717) is 24.3 Å². The summed E-state index contributed by atoms with van der Waals surface area (Å²) in [7, 11) is -3.76. The van der Waals surface area contributed by atoms with Crippen LogP contribution in [0.3, 0.4) is 0 Å². The van der Waals surface area contributed by atoms with Crippen LogP contribution in [0, 0.1) is 6.92 Å². The minimum Gasteiger partial charge on any atom is -0.351 e. The van der Waals surface area contributed by atoms with Gasteiger partial charge in [0, 0.05) is 24.3 Å². The Morgan fingerprint density at radius 1 is 1.00 bits per heavy atom. The Hall–Kier alpha value is -2.09. The topological polar surface area (TPSA) is 87.3 Å². The maximum absolute atomic E-state index is 12.5. The van der Waals surface area contributed by atoms with Gasteiger partial charge >= 0.3 is 0 Å². The molecule has 0 aliphatic heterocycles. The zero-order valence-corrected chi connectivity index (χ0v) is 17.1. The molecule has 0 unspecified atom stereocenters. The number of hydrogen-bond donors (Lipinski definition) is 3. The normalized spacial score (nSPS) is 10.7. The van der Waals surface area contributed by atoms with E-state index in [0.717, 1.165) is 18.5 Å². The average molecular weight is 412 g/mol. The number of hydrogen-bond acceptors (Lipinski definition) is 4. The number of amides is 1. The highest BCUT2D eigenvalue weighted by molar-refractivity contribution is 7.92. The molecule has 27 heavy (non-hydrogen) atoms. The van der Waals surface area contributed by atoms with E-state index in [2.05, 4.69) is 22.3 Å². The Kier molecular flexibility index (Phi) is 9.28. The smallest absolute Gasteiger partial charge is 0.261 e. The summed E-state index contributed by atoms with van der Waals surface area (Å²) in [6.45, 7) is 6.05. The SMILES string of the molecule is CCCNCCNC(=O)c1cccc(S(=O)(=O)Nc2ccc(C)cc2)c1.Cl. The van der Waals surface area contributed by atoms with E-state index in [4.69, 9.17) is 0 Å². The van der Waals surface area contributed by atoms with Gasteiger partial charge in [-0.2, -0.15) is 0 Å². The molecular weight excluding hydrogens is 386 g/mol. The van der Waals surface area contributed by atoms with Gasteiger partial charge in [0.2, 0.25) is 0 Å². The number of carbonyl (C=O) groups excluding carboxylic acids is 1. The van der Waals surface area contributed by atoms with Gasteiger partial charge in [0.05, 0.1) is 4.90 Å². The number of nitrogens with one attached hydrogen (secondary N) is 3. The van der Waals surface area contributed by atoms with Gasteiger partial charge in [-0.25, -0.2) is 8.42 Å². The lowest BCUT2D eigenvalue weighted by atomic mass is 10.2. The number of aryl methyl sites for hydroxylation is 1. The van der Waals surface area contributed by atoms with Crippen LogP contribution in [-0.4, -0.2) is 34.0 Å². The highest BCUT2D eigenvalue weighted by Gasteiger charge is 2.16. The fourth-order valence-electron chi connectivity index (χ4n) is 2.31. The fourth-order valence-corrected chi connectivity index (χ4v) is 3.41. The number of halogens is 1. The van der Waals surface area contributed by atoms with Crippen molar-refractivity contribution in [2.24, 2.45) is 0 Å². The molecule has 0 aromatic heterocycles. The maximum atomic E-state index is 12.5. The van der Waals surface area contributed by atoms with Crippen LogP contribution in [0.15, 0.2) is 53.4 Å². The lowest BCUT2D eigenvalue weighted by Gasteiger charge is -2.10. The molecule has 0 bridgehead atoms. The summed E-state index contributed by atoms with van der Waals surface area (Å²) < 4.78 is 27.6. The Morgan fingerprint density at radius 2 is 1.70 bits per heavy atom. The molecule has 0 atom stereocenters. The summed E-state index contributed by atoms with van der Waals surface area (Å²) in [6.07, 6.45) is 1.03. The van der Waals surface area contributed by atoms with Crippen molar-refractivity contribution in [2.75, 3.05) is 24.4 Å². The molecule has 0 saturated carbocycles. The molecule has 0 fully saturated rings. The lowest BCUT2D eigenvalue weighted by molar-refractivity contribution is 0.0953. The first-order chi connectivity index (χ1) is 12.4. The predicted molar refractivity (Wildman–Crippen MR) is 111 cm³/mol. The van der Waals surface area contributed by atoms with Crippen LogP contribution in [0.4, 0.5) is 5.69 Å². The van der Waals surface area contributed by atoms with Crippen LogP contribution < -0.4 is 15.4 Å². The second-order valence-electron chi connectivity index (χ2n) is 6.01. The van der Waals surface area contributed by atoms with E-state index in [-0.39, 0.29) is 23.2 Å². The van der Waals surface area contributed by atoms with Gasteiger partial charge in [0.25, 0.3) is 15.9 Å². The quantitative estimate of drug-likeness (QED) is 0.553. The summed E-state index contributed by atoms with van der Waals surface area (Å²) >= 11 is 0. The first-order valence-corrected chi connectivity index (χ1v) is 10.1. The van der Waals surface area contributed by atoms with E-state index >= 15 is 0 Å². The molecule has 148 valence electrons. The molecule has 0 saturated heterocycles. The number of carbonyl (C=O) groups is 1. The highest BCUT2D eigenvalue weighted by Crippen LogP contribution is 2.17. The molecule has 3 N–H and O–H groups in total. The second kappa shape index (κ2) is 10.9. The van der Waals surface area contributed by atoms with Gasteiger partial charge in [0.1, 0.15) is 0 Å². The van der Waals surface area contributed by atoms with Gasteiger partial charge in [-0.15, -0.1) is 12.4 Å². The molecule has 8 heteroatoms. The van der Waals surface area contributed by atoms with Crippen molar-refractivity contribution in [3.63, 3.8) is 0 Å². The highest BCUT2D eigenvalue weighted by atomic mass is 35.5. The monoisotopic (exact) mass is 411 g/mol. The number of benzene rings is 2. The Balaban J connectivity index is 0.00000364. The number of anilines is 1. The molecule has 0 aliphatic rings. The summed E-state index contributed by atoms with van der Waals surface area (Å²) in [5, 5.41) is 5.96. The van der Waals surface area contributed by atoms with Gasteiger partial charge in [-0.3, -0.25) is 9.52 Å². The standard InChI is InChI=1S/C19H25N3O3S.ClH/c1-3-11-20-12-13-21-19(23)16-5-4-6-18(14-16)26(24,25)22-17-9-7-15(2)8-10-17;/h4-10,14,20,22H,3,11-13H2,1-2H3,(H,21,23);1H. The molecular formula is C19H26ClN3O3S. The molecule has 0 radical (unpaired) electrons. The second-order valence-corrected chi connectivity index (χ2v) is 7.69. The summed E-state index contributed by atoms with van der Waals surface area (Å²) in [4.78, 5) is 12.2. The zero-order chi connectivity index (χ0) is 19.0. The van der Waals surface area contributed by atoms with E-state index in [9.17, 15) is 13.2 Å². The lowest BCUT2D eigenvalue weighted by Crippen LogP contribution is -2.32. The van der Waals surface area contributed by atoms with Crippen molar-refractivity contribution in [1.82, 2.24) is 10.6 Å². The Morgan fingerprint density at radius 3 is 2.37 bits per heavy atom. The van der Waals surface area contributed by atoms with Crippen LogP contribution in [-0.2, 0) is 10.0 Å². The minimum atomic E-state index is -3.76. The van der Waals surface area contributed by atoms with E-state index < -0.39 is 10.0 Å². The predicted octanol–water partition coefficient (Wildman–Crippen LogP) is 2.95. The molecule has 0 aliphatic carbocycles. The maximum Gasteiger partial charge on any atom is 0.261 e. The zero-order valence-electron chi connectivity index (χ0n) is 15.5. The van der Waals surface area contributed by atoms with Crippen LogP contribution in [0.5, 0.6) is 0 Å². The third kappa shape index (κ3) is 7.21. The number of rotatable bonds is 9. The third-order valence-electron chi connectivity index (χ3n) is 3.72. The molecule has 2 aromatic carbocycles. The summed E-state index contributed by atoms with van der Waals surface area (Å²) in [5.74, 6) is -0.296. The van der Waals surface area contributed by atoms with Gasteiger partial charge in [-0.05, 0) is 50.2 Å².